The predicted octanol–water partition coefficient (Wildman–Crippen LogP) is 3.06. The third-order valence-electron chi connectivity index (χ3n) is 4.98. The van der Waals surface area contributed by atoms with Crippen LogP contribution in [0.3, 0.4) is 0 Å². The average Bonchev–Trinajstić information content (AvgIpc) is 3.16. The van der Waals surface area contributed by atoms with Crippen molar-refractivity contribution in [3.05, 3.63) is 65.6 Å². The summed E-state index contributed by atoms with van der Waals surface area (Å²) in [6.07, 6.45) is 1.87. The van der Waals surface area contributed by atoms with E-state index >= 15 is 0 Å². The number of aromatic carboxylic acids is 1. The Morgan fingerprint density at radius 2 is 1.93 bits per heavy atom. The molecule has 0 aliphatic carbocycles. The fraction of sp³-hybridized carbons (Fsp3) is 0.190. The summed E-state index contributed by atoms with van der Waals surface area (Å²) in [4.78, 5) is 28.1. The second kappa shape index (κ2) is 7.31. The highest BCUT2D eigenvalue weighted by Gasteiger charge is 2.31. The fourth-order valence-electron chi connectivity index (χ4n) is 3.51. The number of nitrogens with one attached hydrogen (secondary N) is 1. The zero-order chi connectivity index (χ0) is 20.5. The summed E-state index contributed by atoms with van der Waals surface area (Å²) in [5.41, 5.74) is 2.45. The molecule has 8 heteroatoms. The molecule has 29 heavy (non-hydrogen) atoms. The molecular weight excluding hydrogens is 374 g/mol. The maximum Gasteiger partial charge on any atom is 0.335 e. The Labute approximate surface area is 166 Å². The molecule has 0 saturated heterocycles. The number of carbonyl (C=O) groups excluding carboxylic acids is 1. The van der Waals surface area contributed by atoms with E-state index in [1.54, 1.807) is 49.4 Å². The van der Waals surface area contributed by atoms with Crippen molar-refractivity contribution >= 4 is 17.7 Å². The highest BCUT2D eigenvalue weighted by Crippen LogP contribution is 2.39. The smallest absolute Gasteiger partial charge is 0.335 e. The van der Waals surface area contributed by atoms with Gasteiger partial charge in [-0.15, -0.1) is 0 Å². The number of ether oxygens (including phenoxy) is 2. The van der Waals surface area contributed by atoms with E-state index in [0.29, 0.717) is 28.7 Å². The number of hydrogen-bond donors (Lipinski definition) is 2. The normalized spacial score (nSPS) is 15.4. The van der Waals surface area contributed by atoms with E-state index < -0.39 is 5.97 Å². The summed E-state index contributed by atoms with van der Waals surface area (Å²) in [5.74, 6) is 0.393. The van der Waals surface area contributed by atoms with E-state index in [1.807, 2.05) is 6.07 Å². The van der Waals surface area contributed by atoms with Gasteiger partial charge in [-0.1, -0.05) is 12.1 Å². The largest absolute Gasteiger partial charge is 0.497 e. The number of methoxy groups -OCH3 is 2. The molecule has 2 heterocycles. The molecule has 2 aromatic carbocycles. The molecule has 1 aliphatic heterocycles. The maximum atomic E-state index is 12.4. The van der Waals surface area contributed by atoms with Gasteiger partial charge < -0.3 is 19.9 Å². The number of carbonyl (C=O) groups is 2. The number of imidazole rings is 1. The van der Waals surface area contributed by atoms with Crippen molar-refractivity contribution < 1.29 is 24.2 Å². The lowest BCUT2D eigenvalue weighted by Gasteiger charge is -2.24. The molecule has 1 unspecified atom stereocenters. The number of hydrogen-bond acceptors (Lipinski definition) is 5. The number of carboxylic acid groups (broad SMARTS) is 1. The van der Waals surface area contributed by atoms with Gasteiger partial charge in [0.05, 0.1) is 31.2 Å². The van der Waals surface area contributed by atoms with E-state index in [0.717, 1.165) is 5.56 Å². The van der Waals surface area contributed by atoms with Crippen molar-refractivity contribution in [3.8, 4) is 17.2 Å². The Morgan fingerprint density at radius 3 is 2.59 bits per heavy atom. The molecule has 1 aliphatic rings. The lowest BCUT2D eigenvalue weighted by atomic mass is 9.89. The topological polar surface area (TPSA) is 103 Å². The van der Waals surface area contributed by atoms with Crippen LogP contribution in [0.15, 0.2) is 48.8 Å². The maximum absolute atomic E-state index is 12.4. The van der Waals surface area contributed by atoms with Crippen LogP contribution in [0, 0.1) is 0 Å². The van der Waals surface area contributed by atoms with E-state index in [4.69, 9.17) is 14.6 Å². The number of amides is 1. The number of anilines is 1. The standard InChI is InChI=1S/C21H19N3O5/c1-28-14-7-8-16(17(9-14)29-2)24-11-22-19-15(10-18(25)23-20(19)24)12-3-5-13(6-4-12)21(26)27/h3-9,11,15H,10H2,1-2H3,(H,23,25)(H,26,27). The molecule has 1 atom stereocenters. The number of rotatable bonds is 5. The zero-order valence-electron chi connectivity index (χ0n) is 15.9. The summed E-state index contributed by atoms with van der Waals surface area (Å²) in [5, 5.41) is 12.0. The molecule has 0 bridgehead atoms. The van der Waals surface area contributed by atoms with E-state index in [9.17, 15) is 9.59 Å². The SMILES string of the molecule is COc1ccc(-n2cnc3c2NC(=O)CC3c2ccc(C(=O)O)cc2)c(OC)c1. The molecular formula is C21H19N3O5. The third-order valence-corrected chi connectivity index (χ3v) is 4.98. The first-order valence-corrected chi connectivity index (χ1v) is 8.94. The zero-order valence-corrected chi connectivity index (χ0v) is 15.9. The first-order valence-electron chi connectivity index (χ1n) is 8.94. The Morgan fingerprint density at radius 1 is 1.17 bits per heavy atom. The molecule has 0 saturated carbocycles. The van der Waals surface area contributed by atoms with Gasteiger partial charge in [-0.3, -0.25) is 9.36 Å². The first kappa shape index (κ1) is 18.5. The Kier molecular flexibility index (Phi) is 4.67. The van der Waals surface area contributed by atoms with Crippen molar-refractivity contribution in [1.29, 1.82) is 0 Å². The van der Waals surface area contributed by atoms with Crippen LogP contribution >= 0.6 is 0 Å². The van der Waals surface area contributed by atoms with Gasteiger partial charge in [-0.05, 0) is 29.8 Å². The minimum Gasteiger partial charge on any atom is -0.497 e. The van der Waals surface area contributed by atoms with Crippen molar-refractivity contribution in [2.24, 2.45) is 0 Å². The van der Waals surface area contributed by atoms with Crippen molar-refractivity contribution in [2.75, 3.05) is 19.5 Å². The minimum atomic E-state index is -0.991. The molecule has 148 valence electrons. The Bertz CT molecular complexity index is 1090. The number of aromatic nitrogens is 2. The van der Waals surface area contributed by atoms with Gasteiger partial charge in [-0.25, -0.2) is 9.78 Å². The summed E-state index contributed by atoms with van der Waals surface area (Å²) in [6, 6.07) is 11.9. The predicted molar refractivity (Wildman–Crippen MR) is 105 cm³/mol. The van der Waals surface area contributed by atoms with Gasteiger partial charge >= 0.3 is 5.97 Å². The van der Waals surface area contributed by atoms with Gasteiger partial charge in [0.15, 0.2) is 0 Å². The van der Waals surface area contributed by atoms with Crippen molar-refractivity contribution in [2.45, 2.75) is 12.3 Å². The van der Waals surface area contributed by atoms with Gasteiger partial charge in [0.25, 0.3) is 0 Å². The van der Waals surface area contributed by atoms with Crippen LogP contribution in [0.2, 0.25) is 0 Å². The van der Waals surface area contributed by atoms with E-state index in [-0.39, 0.29) is 23.8 Å². The average molecular weight is 393 g/mol. The summed E-state index contributed by atoms with van der Waals surface area (Å²) < 4.78 is 12.5. The number of nitrogens with zero attached hydrogens (tertiary/aromatic N) is 2. The fourth-order valence-corrected chi connectivity index (χ4v) is 3.51. The van der Waals surface area contributed by atoms with Crippen LogP contribution in [0.25, 0.3) is 5.69 Å². The Balaban J connectivity index is 1.78. The number of carboxylic acids is 1. The molecule has 0 radical (unpaired) electrons. The van der Waals surface area contributed by atoms with E-state index in [2.05, 4.69) is 10.3 Å². The molecule has 1 aromatic heterocycles. The van der Waals surface area contributed by atoms with Crippen LogP contribution in [-0.2, 0) is 4.79 Å². The van der Waals surface area contributed by atoms with Gasteiger partial charge in [0, 0.05) is 18.4 Å². The highest BCUT2D eigenvalue weighted by molar-refractivity contribution is 5.94. The second-order valence-corrected chi connectivity index (χ2v) is 6.62. The van der Waals surface area contributed by atoms with Crippen LogP contribution in [0.4, 0.5) is 5.82 Å². The van der Waals surface area contributed by atoms with Gasteiger partial charge in [0.2, 0.25) is 5.91 Å². The summed E-state index contributed by atoms with van der Waals surface area (Å²) in [6.45, 7) is 0. The molecule has 3 aromatic rings. The van der Waals surface area contributed by atoms with E-state index in [1.165, 1.54) is 12.1 Å². The lowest BCUT2D eigenvalue weighted by Crippen LogP contribution is -2.25. The summed E-state index contributed by atoms with van der Waals surface area (Å²) >= 11 is 0. The molecule has 0 spiro atoms. The molecule has 1 amide bonds. The highest BCUT2D eigenvalue weighted by atomic mass is 16.5. The van der Waals surface area contributed by atoms with Crippen LogP contribution in [0.5, 0.6) is 11.5 Å². The van der Waals surface area contributed by atoms with Crippen molar-refractivity contribution in [1.82, 2.24) is 9.55 Å². The minimum absolute atomic E-state index is 0.140. The van der Waals surface area contributed by atoms with Crippen LogP contribution in [-0.4, -0.2) is 40.8 Å². The summed E-state index contributed by atoms with van der Waals surface area (Å²) in [7, 11) is 3.14. The quantitative estimate of drug-likeness (QED) is 0.691. The molecule has 2 N–H and O–H groups in total. The molecule has 8 nitrogen and oxygen atoms in total. The van der Waals surface area contributed by atoms with Gasteiger partial charge in [-0.2, -0.15) is 0 Å². The van der Waals surface area contributed by atoms with Crippen LogP contribution in [0.1, 0.15) is 34.0 Å². The van der Waals surface area contributed by atoms with Gasteiger partial charge in [0.1, 0.15) is 23.6 Å². The monoisotopic (exact) mass is 393 g/mol. The second-order valence-electron chi connectivity index (χ2n) is 6.62. The Hall–Kier alpha value is -3.81. The van der Waals surface area contributed by atoms with Crippen molar-refractivity contribution in [3.63, 3.8) is 0 Å². The molecule has 0 fully saturated rings. The number of fused-ring (bicyclic) bond motifs is 1. The molecule has 4 rings (SSSR count). The number of benzene rings is 2. The van der Waals surface area contributed by atoms with Crippen LogP contribution < -0.4 is 14.8 Å². The lowest BCUT2D eigenvalue weighted by molar-refractivity contribution is -0.116. The first-order chi connectivity index (χ1) is 14.0. The third kappa shape index (κ3) is 3.29.